The minimum atomic E-state index is -0.673. The first-order chi connectivity index (χ1) is 14.4. The van der Waals surface area contributed by atoms with E-state index in [0.717, 1.165) is 35.6 Å². The van der Waals surface area contributed by atoms with Crippen LogP contribution in [0.3, 0.4) is 0 Å². The number of amides is 1. The number of para-hydroxylation sites is 1. The van der Waals surface area contributed by atoms with E-state index in [4.69, 9.17) is 9.15 Å². The molecule has 2 heterocycles. The zero-order chi connectivity index (χ0) is 21.3. The van der Waals surface area contributed by atoms with Gasteiger partial charge in [0, 0.05) is 18.5 Å². The molecule has 8 heteroatoms. The normalized spacial score (nSPS) is 19.1. The molecular weight excluding hydrogens is 386 g/mol. The van der Waals surface area contributed by atoms with Gasteiger partial charge in [-0.2, -0.15) is 0 Å². The number of hydrogen-bond acceptors (Lipinski definition) is 6. The van der Waals surface area contributed by atoms with E-state index in [2.05, 4.69) is 11.9 Å². The van der Waals surface area contributed by atoms with Gasteiger partial charge >= 0.3 is 5.97 Å². The van der Waals surface area contributed by atoms with Crippen molar-refractivity contribution >= 4 is 33.9 Å². The van der Waals surface area contributed by atoms with Crippen LogP contribution in [0.1, 0.15) is 32.6 Å². The van der Waals surface area contributed by atoms with Gasteiger partial charge in [-0.05, 0) is 43.7 Å². The third-order valence-corrected chi connectivity index (χ3v) is 5.93. The molecule has 0 radical (unpaired) electrons. The Hall–Kier alpha value is -3.16. The van der Waals surface area contributed by atoms with E-state index in [1.54, 1.807) is 18.0 Å². The summed E-state index contributed by atoms with van der Waals surface area (Å²) in [5, 5.41) is 0.741. The number of rotatable bonds is 5. The number of nitrogens with zero attached hydrogens (tertiary/aromatic N) is 3. The van der Waals surface area contributed by atoms with Crippen LogP contribution in [0, 0.1) is 5.92 Å². The summed E-state index contributed by atoms with van der Waals surface area (Å²) in [7, 11) is 1.75. The number of fused-ring (bicyclic) bond motifs is 3. The summed E-state index contributed by atoms with van der Waals surface area (Å²) in [5.41, 5.74) is 0.642. The SMILES string of the molecule is CC1CCC(N(C)C(=O)COC(=O)Cn2cnc3c(oc4ccccc43)c2=O)CC1. The Morgan fingerprint density at radius 1 is 1.23 bits per heavy atom. The Labute approximate surface area is 173 Å². The van der Waals surface area contributed by atoms with Crippen molar-refractivity contribution in [3.8, 4) is 0 Å². The van der Waals surface area contributed by atoms with Crippen molar-refractivity contribution in [3.63, 3.8) is 0 Å². The summed E-state index contributed by atoms with van der Waals surface area (Å²) >= 11 is 0. The molecule has 0 bridgehead atoms. The number of carbonyl (C=O) groups excluding carboxylic acids is 2. The topological polar surface area (TPSA) is 94.6 Å². The fourth-order valence-corrected chi connectivity index (χ4v) is 3.99. The highest BCUT2D eigenvalue weighted by molar-refractivity contribution is 6.01. The van der Waals surface area contributed by atoms with E-state index in [1.807, 2.05) is 18.2 Å². The third-order valence-electron chi connectivity index (χ3n) is 5.93. The smallest absolute Gasteiger partial charge is 0.326 e. The molecule has 2 aromatic heterocycles. The Balaban J connectivity index is 1.38. The van der Waals surface area contributed by atoms with Crippen molar-refractivity contribution in [2.75, 3.05) is 13.7 Å². The Kier molecular flexibility index (Phi) is 5.57. The lowest BCUT2D eigenvalue weighted by Gasteiger charge is -2.33. The Morgan fingerprint density at radius 2 is 1.97 bits per heavy atom. The van der Waals surface area contributed by atoms with Crippen molar-refractivity contribution in [1.82, 2.24) is 14.5 Å². The van der Waals surface area contributed by atoms with Gasteiger partial charge in [-0.15, -0.1) is 0 Å². The zero-order valence-electron chi connectivity index (χ0n) is 17.2. The van der Waals surface area contributed by atoms with Crippen molar-refractivity contribution < 1.29 is 18.7 Å². The summed E-state index contributed by atoms with van der Waals surface area (Å²) in [4.78, 5) is 43.2. The molecule has 1 aliphatic rings. The van der Waals surface area contributed by atoms with Crippen LogP contribution < -0.4 is 5.56 Å². The molecule has 0 atom stereocenters. The summed E-state index contributed by atoms with van der Waals surface area (Å²) in [6, 6.07) is 7.41. The Bertz CT molecular complexity index is 1140. The first kappa shape index (κ1) is 20.1. The molecule has 1 saturated carbocycles. The molecule has 0 saturated heterocycles. The second kappa shape index (κ2) is 8.30. The molecule has 0 aliphatic heterocycles. The van der Waals surface area contributed by atoms with Gasteiger partial charge in [0.2, 0.25) is 5.58 Å². The third kappa shape index (κ3) is 3.94. The zero-order valence-corrected chi connectivity index (χ0v) is 17.2. The number of furan rings is 1. The van der Waals surface area contributed by atoms with E-state index in [-0.39, 0.29) is 30.7 Å². The molecular formula is C22H25N3O5. The summed E-state index contributed by atoms with van der Waals surface area (Å²) in [6.07, 6.45) is 5.43. The quantitative estimate of drug-likeness (QED) is 0.599. The van der Waals surface area contributed by atoms with Crippen LogP contribution in [0.25, 0.3) is 22.1 Å². The maximum atomic E-state index is 12.7. The number of ether oxygens (including phenoxy) is 1. The van der Waals surface area contributed by atoms with E-state index >= 15 is 0 Å². The van der Waals surface area contributed by atoms with E-state index < -0.39 is 11.5 Å². The van der Waals surface area contributed by atoms with Crippen LogP contribution >= 0.6 is 0 Å². The van der Waals surface area contributed by atoms with Gasteiger partial charge in [-0.25, -0.2) is 4.98 Å². The molecule has 0 unspecified atom stereocenters. The number of aromatic nitrogens is 2. The number of likely N-dealkylation sites (N-methyl/N-ethyl adjacent to an activating group) is 1. The standard InChI is InChI=1S/C22H25N3O5/c1-14-7-9-15(10-8-14)24(2)18(26)12-29-19(27)11-25-13-23-20-16-5-3-4-6-17(16)30-21(20)22(25)28/h3-6,13-15H,7-12H2,1-2H3. The van der Waals surface area contributed by atoms with Gasteiger partial charge < -0.3 is 14.1 Å². The van der Waals surface area contributed by atoms with E-state index in [9.17, 15) is 14.4 Å². The van der Waals surface area contributed by atoms with Crippen molar-refractivity contribution in [3.05, 3.63) is 40.9 Å². The molecule has 1 aliphatic carbocycles. The molecule has 8 nitrogen and oxygen atoms in total. The number of hydrogen-bond donors (Lipinski definition) is 0. The molecule has 1 amide bonds. The molecule has 158 valence electrons. The average molecular weight is 411 g/mol. The van der Waals surface area contributed by atoms with Gasteiger partial charge in [0.15, 0.2) is 6.61 Å². The number of carbonyl (C=O) groups is 2. The summed E-state index contributed by atoms with van der Waals surface area (Å²) in [5.74, 6) is -0.215. The lowest BCUT2D eigenvalue weighted by Crippen LogP contribution is -2.41. The van der Waals surface area contributed by atoms with Gasteiger partial charge in [0.25, 0.3) is 11.5 Å². The van der Waals surface area contributed by atoms with Gasteiger partial charge in [0.05, 0.1) is 6.33 Å². The highest BCUT2D eigenvalue weighted by Crippen LogP contribution is 2.26. The number of esters is 1. The van der Waals surface area contributed by atoms with Gasteiger partial charge in [0.1, 0.15) is 17.6 Å². The first-order valence-corrected chi connectivity index (χ1v) is 10.2. The van der Waals surface area contributed by atoms with Crippen LogP contribution in [-0.2, 0) is 20.9 Å². The van der Waals surface area contributed by atoms with E-state index in [1.165, 1.54) is 6.33 Å². The fourth-order valence-electron chi connectivity index (χ4n) is 3.99. The van der Waals surface area contributed by atoms with Gasteiger partial charge in [-0.1, -0.05) is 19.1 Å². The molecule has 30 heavy (non-hydrogen) atoms. The van der Waals surface area contributed by atoms with Crippen LogP contribution in [0.5, 0.6) is 0 Å². The number of benzene rings is 1. The van der Waals surface area contributed by atoms with Crippen LogP contribution in [0.4, 0.5) is 0 Å². The lowest BCUT2D eigenvalue weighted by molar-refractivity contribution is -0.153. The molecule has 4 rings (SSSR count). The fraction of sp³-hybridized carbons (Fsp3) is 0.455. The predicted octanol–water partition coefficient (Wildman–Crippen LogP) is 2.72. The van der Waals surface area contributed by atoms with E-state index in [0.29, 0.717) is 17.0 Å². The largest absolute Gasteiger partial charge is 0.454 e. The van der Waals surface area contributed by atoms with Crippen molar-refractivity contribution in [2.24, 2.45) is 5.92 Å². The first-order valence-electron chi connectivity index (χ1n) is 10.2. The Morgan fingerprint density at radius 3 is 2.73 bits per heavy atom. The molecule has 0 N–H and O–H groups in total. The maximum Gasteiger partial charge on any atom is 0.326 e. The minimum Gasteiger partial charge on any atom is -0.454 e. The van der Waals surface area contributed by atoms with Crippen LogP contribution in [0.15, 0.2) is 39.8 Å². The minimum absolute atomic E-state index is 0.0915. The molecule has 0 spiro atoms. The highest BCUT2D eigenvalue weighted by Gasteiger charge is 2.25. The molecule has 1 fully saturated rings. The monoisotopic (exact) mass is 411 g/mol. The van der Waals surface area contributed by atoms with Gasteiger partial charge in [-0.3, -0.25) is 19.0 Å². The second-order valence-electron chi connectivity index (χ2n) is 8.03. The predicted molar refractivity (Wildman–Crippen MR) is 111 cm³/mol. The molecule has 1 aromatic carbocycles. The lowest BCUT2D eigenvalue weighted by atomic mass is 9.87. The summed E-state index contributed by atoms with van der Waals surface area (Å²) < 4.78 is 11.8. The highest BCUT2D eigenvalue weighted by atomic mass is 16.5. The van der Waals surface area contributed by atoms with Crippen LogP contribution in [-0.4, -0.2) is 46.0 Å². The van der Waals surface area contributed by atoms with Crippen molar-refractivity contribution in [2.45, 2.75) is 45.2 Å². The maximum absolute atomic E-state index is 12.7. The second-order valence-corrected chi connectivity index (χ2v) is 8.03. The molecule has 3 aromatic rings. The average Bonchev–Trinajstić information content (AvgIpc) is 3.13. The summed E-state index contributed by atoms with van der Waals surface area (Å²) in [6.45, 7) is 1.55. The van der Waals surface area contributed by atoms with Crippen LogP contribution in [0.2, 0.25) is 0 Å². The van der Waals surface area contributed by atoms with Crippen molar-refractivity contribution in [1.29, 1.82) is 0 Å².